The van der Waals surface area contributed by atoms with E-state index in [4.69, 9.17) is 4.98 Å². The van der Waals surface area contributed by atoms with Crippen LogP contribution >= 0.6 is 0 Å². The minimum absolute atomic E-state index is 0.0405. The standard InChI is InChI=1S/C24H24N4O/c1-16-8-10-28-21(13-23(29)26-15-19-5-4-9-25-14-19)24(27-22(28)11-16)20-7-6-17(2)18(3)12-20/h4-12,14H,13,15H2,1-3H3,(H,26,29). The second kappa shape index (κ2) is 7.87. The normalized spacial score (nSPS) is 11.0. The van der Waals surface area contributed by atoms with E-state index in [2.05, 4.69) is 42.3 Å². The number of carbonyl (C=O) groups is 1. The third kappa shape index (κ3) is 4.04. The summed E-state index contributed by atoms with van der Waals surface area (Å²) in [7, 11) is 0. The number of rotatable bonds is 5. The minimum Gasteiger partial charge on any atom is -0.352 e. The molecule has 0 spiro atoms. The monoisotopic (exact) mass is 384 g/mol. The maximum Gasteiger partial charge on any atom is 0.226 e. The molecule has 0 aliphatic rings. The van der Waals surface area contributed by atoms with Gasteiger partial charge in [0.25, 0.3) is 0 Å². The third-order valence-electron chi connectivity index (χ3n) is 5.20. The van der Waals surface area contributed by atoms with Gasteiger partial charge >= 0.3 is 0 Å². The van der Waals surface area contributed by atoms with E-state index < -0.39 is 0 Å². The maximum atomic E-state index is 12.7. The van der Waals surface area contributed by atoms with Crippen molar-refractivity contribution in [2.75, 3.05) is 0 Å². The van der Waals surface area contributed by atoms with Gasteiger partial charge in [-0.3, -0.25) is 9.78 Å². The first-order valence-corrected chi connectivity index (χ1v) is 9.72. The lowest BCUT2D eigenvalue weighted by atomic mass is 10.0. The molecule has 4 rings (SSSR count). The lowest BCUT2D eigenvalue weighted by Gasteiger charge is -2.09. The fourth-order valence-electron chi connectivity index (χ4n) is 3.40. The summed E-state index contributed by atoms with van der Waals surface area (Å²) in [5.41, 5.74) is 8.21. The average Bonchev–Trinajstić information content (AvgIpc) is 3.06. The van der Waals surface area contributed by atoms with E-state index in [9.17, 15) is 4.79 Å². The number of amides is 1. The number of benzene rings is 1. The summed E-state index contributed by atoms with van der Waals surface area (Å²) in [5.74, 6) is -0.0405. The predicted molar refractivity (Wildman–Crippen MR) is 115 cm³/mol. The molecule has 0 fully saturated rings. The van der Waals surface area contributed by atoms with Gasteiger partial charge in [-0.25, -0.2) is 4.98 Å². The fourth-order valence-corrected chi connectivity index (χ4v) is 3.40. The molecule has 0 radical (unpaired) electrons. The van der Waals surface area contributed by atoms with Crippen LogP contribution in [0.2, 0.25) is 0 Å². The molecule has 0 saturated carbocycles. The Morgan fingerprint density at radius 2 is 1.93 bits per heavy atom. The predicted octanol–water partition coefficient (Wildman–Crippen LogP) is 4.18. The fraction of sp³-hybridized carbons (Fsp3) is 0.208. The first-order valence-electron chi connectivity index (χ1n) is 9.72. The maximum absolute atomic E-state index is 12.7. The quantitative estimate of drug-likeness (QED) is 0.561. The van der Waals surface area contributed by atoms with Crippen molar-refractivity contribution in [2.45, 2.75) is 33.7 Å². The second-order valence-corrected chi connectivity index (χ2v) is 7.45. The average molecular weight is 384 g/mol. The molecule has 0 aliphatic carbocycles. The zero-order chi connectivity index (χ0) is 20.4. The SMILES string of the molecule is Cc1ccn2c(CC(=O)NCc3cccnc3)c(-c3ccc(C)c(C)c3)nc2c1. The number of pyridine rings is 2. The van der Waals surface area contributed by atoms with Crippen molar-refractivity contribution in [1.29, 1.82) is 0 Å². The van der Waals surface area contributed by atoms with Gasteiger partial charge in [-0.2, -0.15) is 0 Å². The van der Waals surface area contributed by atoms with E-state index in [1.807, 2.05) is 41.8 Å². The minimum atomic E-state index is -0.0405. The first kappa shape index (κ1) is 18.9. The van der Waals surface area contributed by atoms with Gasteiger partial charge in [0.1, 0.15) is 5.65 Å². The Balaban J connectivity index is 1.68. The van der Waals surface area contributed by atoms with Crippen molar-refractivity contribution in [3.8, 4) is 11.3 Å². The van der Waals surface area contributed by atoms with E-state index in [0.717, 1.165) is 33.7 Å². The van der Waals surface area contributed by atoms with E-state index in [1.54, 1.807) is 12.4 Å². The van der Waals surface area contributed by atoms with E-state index in [-0.39, 0.29) is 12.3 Å². The molecule has 29 heavy (non-hydrogen) atoms. The molecule has 1 aromatic carbocycles. The van der Waals surface area contributed by atoms with Crippen molar-refractivity contribution in [3.63, 3.8) is 0 Å². The van der Waals surface area contributed by atoms with Crippen molar-refractivity contribution < 1.29 is 4.79 Å². The number of aromatic nitrogens is 3. The highest BCUT2D eigenvalue weighted by molar-refractivity contribution is 5.81. The van der Waals surface area contributed by atoms with Crippen LogP contribution in [0.4, 0.5) is 0 Å². The largest absolute Gasteiger partial charge is 0.352 e. The van der Waals surface area contributed by atoms with E-state index in [0.29, 0.717) is 6.54 Å². The summed E-state index contributed by atoms with van der Waals surface area (Å²) < 4.78 is 2.02. The molecule has 3 heterocycles. The van der Waals surface area contributed by atoms with Crippen LogP contribution in [0.15, 0.2) is 61.1 Å². The number of fused-ring (bicyclic) bond motifs is 1. The Hall–Kier alpha value is -3.47. The van der Waals surface area contributed by atoms with Crippen molar-refractivity contribution in [1.82, 2.24) is 19.7 Å². The molecular formula is C24H24N4O. The van der Waals surface area contributed by atoms with Crippen LogP contribution in [-0.4, -0.2) is 20.3 Å². The molecule has 0 saturated heterocycles. The summed E-state index contributed by atoms with van der Waals surface area (Å²) in [4.78, 5) is 21.7. The van der Waals surface area contributed by atoms with Gasteiger partial charge in [0, 0.05) is 30.7 Å². The Morgan fingerprint density at radius 3 is 2.69 bits per heavy atom. The van der Waals surface area contributed by atoms with E-state index in [1.165, 1.54) is 11.1 Å². The van der Waals surface area contributed by atoms with Crippen LogP contribution in [0.25, 0.3) is 16.9 Å². The second-order valence-electron chi connectivity index (χ2n) is 7.45. The molecule has 0 unspecified atom stereocenters. The molecule has 1 amide bonds. The van der Waals surface area contributed by atoms with Crippen molar-refractivity contribution >= 4 is 11.6 Å². The molecular weight excluding hydrogens is 360 g/mol. The highest BCUT2D eigenvalue weighted by Gasteiger charge is 2.17. The van der Waals surface area contributed by atoms with Crippen LogP contribution in [0.5, 0.6) is 0 Å². The third-order valence-corrected chi connectivity index (χ3v) is 5.20. The Labute approximate surface area is 170 Å². The number of hydrogen-bond donors (Lipinski definition) is 1. The highest BCUT2D eigenvalue weighted by Crippen LogP contribution is 2.27. The summed E-state index contributed by atoms with van der Waals surface area (Å²) >= 11 is 0. The van der Waals surface area contributed by atoms with Crippen molar-refractivity contribution in [2.24, 2.45) is 0 Å². The Morgan fingerprint density at radius 1 is 1.07 bits per heavy atom. The number of imidazole rings is 1. The smallest absolute Gasteiger partial charge is 0.226 e. The first-order chi connectivity index (χ1) is 14.0. The van der Waals surface area contributed by atoms with Crippen LogP contribution < -0.4 is 5.32 Å². The topological polar surface area (TPSA) is 59.3 Å². The number of nitrogens with one attached hydrogen (secondary N) is 1. The summed E-state index contributed by atoms with van der Waals surface area (Å²) in [6, 6.07) is 14.2. The van der Waals surface area contributed by atoms with Gasteiger partial charge < -0.3 is 9.72 Å². The lowest BCUT2D eigenvalue weighted by molar-refractivity contribution is -0.120. The van der Waals surface area contributed by atoms with Gasteiger partial charge in [0.15, 0.2) is 0 Å². The molecule has 0 bridgehead atoms. The van der Waals surface area contributed by atoms with Crippen LogP contribution in [0.1, 0.15) is 27.9 Å². The molecule has 0 atom stereocenters. The highest BCUT2D eigenvalue weighted by atomic mass is 16.1. The number of nitrogens with zero attached hydrogens (tertiary/aromatic N) is 3. The van der Waals surface area contributed by atoms with Crippen LogP contribution in [0.3, 0.4) is 0 Å². The molecule has 5 heteroatoms. The zero-order valence-corrected chi connectivity index (χ0v) is 16.9. The van der Waals surface area contributed by atoms with Gasteiger partial charge in [-0.15, -0.1) is 0 Å². The van der Waals surface area contributed by atoms with Gasteiger partial charge in [0.2, 0.25) is 5.91 Å². The van der Waals surface area contributed by atoms with Crippen LogP contribution in [-0.2, 0) is 17.8 Å². The molecule has 3 aromatic heterocycles. The molecule has 1 N–H and O–H groups in total. The lowest BCUT2D eigenvalue weighted by Crippen LogP contribution is -2.25. The molecule has 4 aromatic rings. The van der Waals surface area contributed by atoms with Crippen LogP contribution in [0, 0.1) is 20.8 Å². The van der Waals surface area contributed by atoms with Gasteiger partial charge in [-0.05, 0) is 67.3 Å². The Bertz CT molecular complexity index is 1180. The van der Waals surface area contributed by atoms with Gasteiger partial charge in [-0.1, -0.05) is 18.2 Å². The summed E-state index contributed by atoms with van der Waals surface area (Å²) in [6.45, 7) is 6.70. The number of hydrogen-bond acceptors (Lipinski definition) is 3. The van der Waals surface area contributed by atoms with Gasteiger partial charge in [0.05, 0.1) is 17.8 Å². The molecule has 5 nitrogen and oxygen atoms in total. The molecule has 146 valence electrons. The summed E-state index contributed by atoms with van der Waals surface area (Å²) in [6.07, 6.45) is 5.73. The number of aryl methyl sites for hydroxylation is 3. The number of carbonyl (C=O) groups excluding carboxylic acids is 1. The van der Waals surface area contributed by atoms with E-state index >= 15 is 0 Å². The Kier molecular flexibility index (Phi) is 5.12. The summed E-state index contributed by atoms with van der Waals surface area (Å²) in [5, 5.41) is 2.99. The van der Waals surface area contributed by atoms with Crippen molar-refractivity contribution in [3.05, 3.63) is 89.0 Å². The zero-order valence-electron chi connectivity index (χ0n) is 16.9. The molecule has 0 aliphatic heterocycles.